The van der Waals surface area contributed by atoms with Crippen molar-refractivity contribution in [3.05, 3.63) is 47.5 Å². The molecule has 3 aromatic rings. The van der Waals surface area contributed by atoms with E-state index >= 15 is 0 Å². The van der Waals surface area contributed by atoms with Crippen LogP contribution in [0.1, 0.15) is 36.6 Å². The molecule has 3 N–H and O–H groups in total. The number of halogens is 6. The lowest BCUT2D eigenvalue weighted by Gasteiger charge is -2.24. The van der Waals surface area contributed by atoms with Crippen molar-refractivity contribution < 1.29 is 40.7 Å². The van der Waals surface area contributed by atoms with E-state index in [1.807, 2.05) is 0 Å². The molecule has 1 atom stereocenters. The molecule has 1 aliphatic heterocycles. The predicted molar refractivity (Wildman–Crippen MR) is 122 cm³/mol. The van der Waals surface area contributed by atoms with Gasteiger partial charge in [-0.2, -0.15) is 27.1 Å². The quantitative estimate of drug-likeness (QED) is 0.369. The summed E-state index contributed by atoms with van der Waals surface area (Å²) in [5.74, 6) is -8.80. The molecule has 0 radical (unpaired) electrons. The molecule has 204 valence electrons. The molecule has 3 heterocycles. The standard InChI is InChI=1S/C23H22F6N6O3/c1-34(11-12-5-6-13(8-15(12)24)22(25,26)23(27,28)29)21(37)20(36)33-16-10-31-19(30)14-9-32-35(18(14)16)17-4-2-3-7-38-17/h5-6,8-10,17H,2-4,7,11H2,1H3,(H2,30,31)(H,33,36). The topological polar surface area (TPSA) is 115 Å². The lowest BCUT2D eigenvalue weighted by molar-refractivity contribution is -0.289. The second-order valence-corrected chi connectivity index (χ2v) is 8.72. The molecule has 9 nitrogen and oxygen atoms in total. The second-order valence-electron chi connectivity index (χ2n) is 8.72. The number of nitrogen functional groups attached to an aromatic ring is 1. The van der Waals surface area contributed by atoms with Gasteiger partial charge in [-0.3, -0.25) is 9.59 Å². The van der Waals surface area contributed by atoms with Gasteiger partial charge in [0, 0.05) is 31.3 Å². The van der Waals surface area contributed by atoms with Crippen LogP contribution in [-0.4, -0.2) is 51.3 Å². The molecule has 15 heteroatoms. The minimum Gasteiger partial charge on any atom is -0.383 e. The number of pyridine rings is 1. The summed E-state index contributed by atoms with van der Waals surface area (Å²) in [5, 5.41) is 7.13. The van der Waals surface area contributed by atoms with E-state index in [-0.39, 0.29) is 23.1 Å². The number of ether oxygens (including phenoxy) is 1. The van der Waals surface area contributed by atoms with Gasteiger partial charge in [-0.25, -0.2) is 14.1 Å². The summed E-state index contributed by atoms with van der Waals surface area (Å²) in [7, 11) is 1.14. The van der Waals surface area contributed by atoms with Crippen LogP contribution in [0.4, 0.5) is 37.8 Å². The number of benzene rings is 1. The second kappa shape index (κ2) is 10.1. The first-order valence-electron chi connectivity index (χ1n) is 11.3. The Bertz CT molecular complexity index is 1370. The molecule has 1 aliphatic rings. The molecule has 1 aromatic carbocycles. The zero-order chi connectivity index (χ0) is 27.8. The number of nitrogens with one attached hydrogen (secondary N) is 1. The molecular formula is C23H22F6N6O3. The third-order valence-corrected chi connectivity index (χ3v) is 6.06. The number of amides is 2. The number of carbonyl (C=O) groups excluding carboxylic acids is 2. The van der Waals surface area contributed by atoms with E-state index in [1.165, 1.54) is 17.1 Å². The van der Waals surface area contributed by atoms with Crippen molar-refractivity contribution in [2.45, 2.75) is 44.1 Å². The van der Waals surface area contributed by atoms with Crippen LogP contribution in [0, 0.1) is 5.82 Å². The van der Waals surface area contributed by atoms with Crippen molar-refractivity contribution in [3.63, 3.8) is 0 Å². The maximum atomic E-state index is 14.4. The Balaban J connectivity index is 1.51. The number of hydrogen-bond donors (Lipinski definition) is 2. The van der Waals surface area contributed by atoms with Gasteiger partial charge in [0.25, 0.3) is 0 Å². The molecule has 4 rings (SSSR count). The SMILES string of the molecule is CN(Cc1ccc(C(F)(F)C(F)(F)F)cc1F)C(=O)C(=O)Nc1cnc(N)c2cnn(C3CCCCO3)c12. The van der Waals surface area contributed by atoms with Crippen molar-refractivity contribution in [2.75, 3.05) is 24.7 Å². The van der Waals surface area contributed by atoms with Gasteiger partial charge < -0.3 is 20.7 Å². The number of alkyl halides is 5. The Morgan fingerprint density at radius 1 is 1.21 bits per heavy atom. The van der Waals surface area contributed by atoms with Crippen LogP contribution in [0.2, 0.25) is 0 Å². The van der Waals surface area contributed by atoms with E-state index in [2.05, 4.69) is 15.4 Å². The lowest BCUT2D eigenvalue weighted by Crippen LogP contribution is -2.37. The largest absolute Gasteiger partial charge is 0.458 e. The Morgan fingerprint density at radius 3 is 2.58 bits per heavy atom. The summed E-state index contributed by atoms with van der Waals surface area (Å²) in [6, 6.07) is 1.16. The minimum absolute atomic E-state index is 0.0481. The monoisotopic (exact) mass is 544 g/mol. The average molecular weight is 544 g/mol. The molecule has 38 heavy (non-hydrogen) atoms. The molecular weight excluding hydrogens is 522 g/mol. The van der Waals surface area contributed by atoms with Crippen LogP contribution in [0.15, 0.2) is 30.6 Å². The fourth-order valence-corrected chi connectivity index (χ4v) is 4.02. The molecule has 1 saturated heterocycles. The Labute approximate surface area is 211 Å². The highest BCUT2D eigenvalue weighted by Crippen LogP contribution is 2.44. The van der Waals surface area contributed by atoms with Crippen molar-refractivity contribution in [1.82, 2.24) is 19.7 Å². The summed E-state index contributed by atoms with van der Waals surface area (Å²) < 4.78 is 86.4. The van der Waals surface area contributed by atoms with E-state index in [0.717, 1.165) is 24.8 Å². The van der Waals surface area contributed by atoms with Gasteiger partial charge in [0.1, 0.15) is 17.2 Å². The first-order valence-corrected chi connectivity index (χ1v) is 11.3. The molecule has 0 bridgehead atoms. The third kappa shape index (κ3) is 5.10. The highest BCUT2D eigenvalue weighted by atomic mass is 19.4. The fourth-order valence-electron chi connectivity index (χ4n) is 4.02. The molecule has 1 fully saturated rings. The lowest BCUT2D eigenvalue weighted by atomic mass is 10.0. The Hall–Kier alpha value is -3.88. The number of nitrogens with two attached hydrogens (primary N) is 1. The number of nitrogens with zero attached hydrogens (tertiary/aromatic N) is 4. The van der Waals surface area contributed by atoms with Gasteiger partial charge in [0.05, 0.1) is 23.5 Å². The van der Waals surface area contributed by atoms with Gasteiger partial charge in [-0.1, -0.05) is 12.1 Å². The Kier molecular flexibility index (Phi) is 7.23. The van der Waals surface area contributed by atoms with E-state index < -0.39 is 48.1 Å². The van der Waals surface area contributed by atoms with Crippen LogP contribution in [0.5, 0.6) is 0 Å². The van der Waals surface area contributed by atoms with Crippen molar-refractivity contribution in [1.29, 1.82) is 0 Å². The third-order valence-electron chi connectivity index (χ3n) is 6.06. The zero-order valence-electron chi connectivity index (χ0n) is 19.9. The molecule has 0 spiro atoms. The van der Waals surface area contributed by atoms with Crippen LogP contribution in [-0.2, 0) is 26.8 Å². The van der Waals surface area contributed by atoms with Crippen LogP contribution in [0.3, 0.4) is 0 Å². The van der Waals surface area contributed by atoms with Crippen molar-refractivity contribution in [2.24, 2.45) is 0 Å². The van der Waals surface area contributed by atoms with Crippen LogP contribution in [0.25, 0.3) is 10.9 Å². The zero-order valence-corrected chi connectivity index (χ0v) is 19.9. The highest BCUT2D eigenvalue weighted by molar-refractivity contribution is 6.40. The van der Waals surface area contributed by atoms with E-state index in [1.54, 1.807) is 0 Å². The van der Waals surface area contributed by atoms with Crippen molar-refractivity contribution in [3.8, 4) is 0 Å². The summed E-state index contributed by atoms with van der Waals surface area (Å²) in [6.45, 7) is -0.0673. The van der Waals surface area contributed by atoms with E-state index in [4.69, 9.17) is 10.5 Å². The predicted octanol–water partition coefficient (Wildman–Crippen LogP) is 4.10. The maximum absolute atomic E-state index is 14.4. The molecule has 0 aliphatic carbocycles. The first kappa shape index (κ1) is 27.2. The number of carbonyl (C=O) groups is 2. The highest BCUT2D eigenvalue weighted by Gasteiger charge is 2.58. The normalized spacial score (nSPS) is 16.4. The summed E-state index contributed by atoms with van der Waals surface area (Å²) >= 11 is 0. The minimum atomic E-state index is -5.91. The number of likely N-dealkylation sites (N-methyl/N-ethyl adjacent to an activating group) is 1. The number of aromatic nitrogens is 3. The van der Waals surface area contributed by atoms with Gasteiger partial charge in [-0.15, -0.1) is 0 Å². The first-order chi connectivity index (χ1) is 17.8. The maximum Gasteiger partial charge on any atom is 0.458 e. The Morgan fingerprint density at radius 2 is 1.95 bits per heavy atom. The van der Waals surface area contributed by atoms with E-state index in [9.17, 15) is 35.9 Å². The number of rotatable bonds is 5. The number of fused-ring (bicyclic) bond motifs is 1. The summed E-state index contributed by atoms with van der Waals surface area (Å²) in [4.78, 5) is 30.2. The van der Waals surface area contributed by atoms with Gasteiger partial charge in [0.2, 0.25) is 0 Å². The van der Waals surface area contributed by atoms with Gasteiger partial charge in [0.15, 0.2) is 6.23 Å². The summed E-state index contributed by atoms with van der Waals surface area (Å²) in [5.41, 5.74) is 4.45. The average Bonchev–Trinajstić information content (AvgIpc) is 3.32. The smallest absolute Gasteiger partial charge is 0.383 e. The molecule has 2 amide bonds. The van der Waals surface area contributed by atoms with Crippen molar-refractivity contribution >= 4 is 34.2 Å². The summed E-state index contributed by atoms with van der Waals surface area (Å²) in [6.07, 6.45) is -1.20. The number of hydrogen-bond acceptors (Lipinski definition) is 6. The molecule has 2 aromatic heterocycles. The van der Waals surface area contributed by atoms with Gasteiger partial charge in [-0.05, 0) is 25.3 Å². The van der Waals surface area contributed by atoms with Crippen LogP contribution < -0.4 is 11.1 Å². The molecule has 0 saturated carbocycles. The van der Waals surface area contributed by atoms with E-state index in [0.29, 0.717) is 36.1 Å². The van der Waals surface area contributed by atoms with Crippen LogP contribution >= 0.6 is 0 Å². The number of anilines is 2. The fraction of sp³-hybridized carbons (Fsp3) is 0.391. The van der Waals surface area contributed by atoms with Gasteiger partial charge >= 0.3 is 23.9 Å². The molecule has 1 unspecified atom stereocenters.